The summed E-state index contributed by atoms with van der Waals surface area (Å²) in [5.74, 6) is -0.706. The Kier molecular flexibility index (Phi) is 7.11. The molecule has 0 amide bonds. The first-order chi connectivity index (χ1) is 18.4. The van der Waals surface area contributed by atoms with E-state index >= 15 is 0 Å². The van der Waals surface area contributed by atoms with E-state index in [-0.39, 0.29) is 29.6 Å². The molecule has 2 heterocycles. The number of hydrogen-bond acceptors (Lipinski definition) is 8. The zero-order chi connectivity index (χ0) is 26.8. The second-order valence-electron chi connectivity index (χ2n) is 9.31. The van der Waals surface area contributed by atoms with Gasteiger partial charge in [-0.1, -0.05) is 30.3 Å². The van der Waals surface area contributed by atoms with E-state index in [0.717, 1.165) is 16.1 Å². The third kappa shape index (κ3) is 4.97. The summed E-state index contributed by atoms with van der Waals surface area (Å²) in [6, 6.07) is 17.3. The topological polar surface area (TPSA) is 108 Å². The first kappa shape index (κ1) is 25.4. The minimum Gasteiger partial charge on any atom is -0.497 e. The van der Waals surface area contributed by atoms with Gasteiger partial charge in [0.05, 0.1) is 17.6 Å². The standard InChI is InChI=1S/C29H26N2O6S/c1-17-26(29(33)37-16-18-8-10-22(36-2)11-9-18)27(19-5-3-6-21(13-19)31(34)35)28-23(30-17)14-20(15-24(28)32)25-7-4-12-38-25/h3-13,20,27,30H,14-16H2,1-2H3/t20-,27+/m1/s1. The summed E-state index contributed by atoms with van der Waals surface area (Å²) in [6.07, 6.45) is 0.915. The Morgan fingerprint density at radius 2 is 1.92 bits per heavy atom. The highest BCUT2D eigenvalue weighted by molar-refractivity contribution is 7.10. The van der Waals surface area contributed by atoms with Crippen LogP contribution in [0, 0.1) is 10.1 Å². The summed E-state index contributed by atoms with van der Waals surface area (Å²) in [6.45, 7) is 1.80. The van der Waals surface area contributed by atoms with E-state index in [1.54, 1.807) is 61.8 Å². The van der Waals surface area contributed by atoms with Crippen LogP contribution in [-0.4, -0.2) is 23.8 Å². The number of rotatable bonds is 7. The molecule has 0 bridgehead atoms. The predicted molar refractivity (Wildman–Crippen MR) is 143 cm³/mol. The summed E-state index contributed by atoms with van der Waals surface area (Å²) in [7, 11) is 1.58. The van der Waals surface area contributed by atoms with E-state index in [1.807, 2.05) is 17.5 Å². The normalized spacial score (nSPS) is 19.1. The number of esters is 1. The minimum absolute atomic E-state index is 0.0293. The number of nitrogens with zero attached hydrogens (tertiary/aromatic N) is 1. The maximum Gasteiger partial charge on any atom is 0.337 e. The van der Waals surface area contributed by atoms with Gasteiger partial charge in [-0.05, 0) is 48.1 Å². The van der Waals surface area contributed by atoms with Gasteiger partial charge in [0.15, 0.2) is 5.78 Å². The predicted octanol–water partition coefficient (Wildman–Crippen LogP) is 5.77. The van der Waals surface area contributed by atoms with E-state index in [1.165, 1.54) is 12.1 Å². The van der Waals surface area contributed by atoms with Crippen LogP contribution in [-0.2, 0) is 20.9 Å². The van der Waals surface area contributed by atoms with Crippen LogP contribution >= 0.6 is 11.3 Å². The Hall–Kier alpha value is -4.24. The van der Waals surface area contributed by atoms with E-state index in [0.29, 0.717) is 35.4 Å². The Balaban J connectivity index is 1.51. The highest BCUT2D eigenvalue weighted by Gasteiger charge is 2.42. The second kappa shape index (κ2) is 10.6. The number of allylic oxidation sites excluding steroid dienone is 3. The summed E-state index contributed by atoms with van der Waals surface area (Å²) >= 11 is 1.61. The fraction of sp³-hybridized carbons (Fsp3) is 0.241. The van der Waals surface area contributed by atoms with Crippen molar-refractivity contribution in [1.82, 2.24) is 5.32 Å². The van der Waals surface area contributed by atoms with Gasteiger partial charge in [-0.15, -0.1) is 11.3 Å². The number of nitro benzene ring substituents is 1. The maximum absolute atomic E-state index is 13.6. The Labute approximate surface area is 223 Å². The molecule has 0 fully saturated rings. The van der Waals surface area contributed by atoms with Crippen molar-refractivity contribution in [3.05, 3.63) is 115 Å². The molecule has 0 spiro atoms. The summed E-state index contributed by atoms with van der Waals surface area (Å²) < 4.78 is 10.9. The van der Waals surface area contributed by atoms with Crippen molar-refractivity contribution in [2.75, 3.05) is 7.11 Å². The number of methoxy groups -OCH3 is 1. The monoisotopic (exact) mass is 530 g/mol. The maximum atomic E-state index is 13.6. The molecule has 5 rings (SSSR count). The number of ether oxygens (including phenoxy) is 2. The molecule has 0 saturated carbocycles. The number of benzene rings is 2. The summed E-state index contributed by atoms with van der Waals surface area (Å²) in [5.41, 5.74) is 3.25. The number of ketones is 1. The molecule has 1 aliphatic heterocycles. The van der Waals surface area contributed by atoms with Crippen LogP contribution in [0.1, 0.15) is 47.6 Å². The first-order valence-corrected chi connectivity index (χ1v) is 13.1. The van der Waals surface area contributed by atoms with E-state index in [9.17, 15) is 19.7 Å². The van der Waals surface area contributed by atoms with E-state index in [4.69, 9.17) is 9.47 Å². The third-order valence-electron chi connectivity index (χ3n) is 6.94. The molecule has 1 aromatic heterocycles. The van der Waals surface area contributed by atoms with Crippen molar-refractivity contribution in [3.8, 4) is 5.75 Å². The van der Waals surface area contributed by atoms with Gasteiger partial charge < -0.3 is 14.8 Å². The molecule has 9 heteroatoms. The number of Topliss-reactive ketones (excluding diaryl/α,β-unsaturated/α-hetero) is 1. The number of nitrogens with one attached hydrogen (secondary N) is 1. The largest absolute Gasteiger partial charge is 0.497 e. The van der Waals surface area contributed by atoms with Crippen LogP contribution in [0.2, 0.25) is 0 Å². The molecular formula is C29H26N2O6S. The fourth-order valence-electron chi connectivity index (χ4n) is 5.13. The van der Waals surface area contributed by atoms with Crippen LogP contribution in [0.5, 0.6) is 5.75 Å². The molecule has 0 radical (unpaired) electrons. The average molecular weight is 531 g/mol. The molecule has 1 aliphatic carbocycles. The minimum atomic E-state index is -0.772. The van der Waals surface area contributed by atoms with Gasteiger partial charge in [0.25, 0.3) is 5.69 Å². The fourth-order valence-corrected chi connectivity index (χ4v) is 5.96. The van der Waals surface area contributed by atoms with E-state index in [2.05, 4.69) is 5.32 Å². The molecular weight excluding hydrogens is 504 g/mol. The number of thiophene rings is 1. The zero-order valence-electron chi connectivity index (χ0n) is 20.9. The molecule has 2 aliphatic rings. The first-order valence-electron chi connectivity index (χ1n) is 12.2. The summed E-state index contributed by atoms with van der Waals surface area (Å²) in [4.78, 5) is 39.4. The van der Waals surface area contributed by atoms with Crippen LogP contribution in [0.4, 0.5) is 5.69 Å². The zero-order valence-corrected chi connectivity index (χ0v) is 21.7. The lowest BCUT2D eigenvalue weighted by Gasteiger charge is -2.36. The number of hydrogen-bond donors (Lipinski definition) is 1. The van der Waals surface area contributed by atoms with Crippen LogP contribution in [0.3, 0.4) is 0 Å². The number of carbonyl (C=O) groups is 2. The van der Waals surface area contributed by atoms with Gasteiger partial charge in [-0.2, -0.15) is 0 Å². The average Bonchev–Trinajstić information content (AvgIpc) is 3.46. The van der Waals surface area contributed by atoms with Crippen molar-refractivity contribution in [2.45, 2.75) is 38.2 Å². The molecule has 2 atom stereocenters. The molecule has 38 heavy (non-hydrogen) atoms. The number of nitro groups is 1. The molecule has 0 saturated heterocycles. The Morgan fingerprint density at radius 1 is 1.13 bits per heavy atom. The summed E-state index contributed by atoms with van der Waals surface area (Å²) in [5, 5.41) is 16.9. The lowest BCUT2D eigenvalue weighted by molar-refractivity contribution is -0.384. The lowest BCUT2D eigenvalue weighted by Crippen LogP contribution is -2.36. The van der Waals surface area contributed by atoms with Gasteiger partial charge in [0.1, 0.15) is 12.4 Å². The van der Waals surface area contributed by atoms with Gasteiger partial charge >= 0.3 is 5.97 Å². The van der Waals surface area contributed by atoms with Crippen molar-refractivity contribution in [1.29, 1.82) is 0 Å². The Morgan fingerprint density at radius 3 is 2.61 bits per heavy atom. The van der Waals surface area contributed by atoms with Crippen LogP contribution < -0.4 is 10.1 Å². The highest BCUT2D eigenvalue weighted by Crippen LogP contribution is 2.46. The van der Waals surface area contributed by atoms with Gasteiger partial charge in [-0.3, -0.25) is 14.9 Å². The molecule has 0 unspecified atom stereocenters. The van der Waals surface area contributed by atoms with Gasteiger partial charge in [-0.25, -0.2) is 4.79 Å². The molecule has 3 aromatic rings. The highest BCUT2D eigenvalue weighted by atomic mass is 32.1. The quantitative estimate of drug-likeness (QED) is 0.235. The van der Waals surface area contributed by atoms with Crippen molar-refractivity contribution < 1.29 is 24.0 Å². The van der Waals surface area contributed by atoms with E-state index < -0.39 is 16.8 Å². The smallest absolute Gasteiger partial charge is 0.337 e. The lowest BCUT2D eigenvalue weighted by atomic mass is 9.72. The van der Waals surface area contributed by atoms with Crippen molar-refractivity contribution in [3.63, 3.8) is 0 Å². The molecule has 8 nitrogen and oxygen atoms in total. The molecule has 194 valence electrons. The van der Waals surface area contributed by atoms with Crippen LogP contribution in [0.25, 0.3) is 0 Å². The number of carbonyl (C=O) groups excluding carboxylic acids is 2. The van der Waals surface area contributed by atoms with Crippen LogP contribution in [0.15, 0.2) is 88.6 Å². The SMILES string of the molecule is COc1ccc(COC(=O)C2=C(C)NC3=C(C(=O)C[C@H](c4cccs4)C3)[C@H]2c2cccc([N+](=O)[O-])c2)cc1. The van der Waals surface area contributed by atoms with Gasteiger partial charge in [0, 0.05) is 52.2 Å². The molecule has 1 N–H and O–H groups in total. The van der Waals surface area contributed by atoms with Crippen molar-refractivity contribution in [2.24, 2.45) is 0 Å². The third-order valence-corrected chi connectivity index (χ3v) is 7.97. The number of non-ortho nitro benzene ring substituents is 1. The molecule has 2 aromatic carbocycles. The second-order valence-corrected chi connectivity index (χ2v) is 10.3. The number of dihydropyridines is 1. The van der Waals surface area contributed by atoms with Crippen molar-refractivity contribution >= 4 is 28.8 Å². The van der Waals surface area contributed by atoms with Gasteiger partial charge in [0.2, 0.25) is 0 Å². The Bertz CT molecular complexity index is 1460.